The van der Waals surface area contributed by atoms with E-state index in [2.05, 4.69) is 31.4 Å². The summed E-state index contributed by atoms with van der Waals surface area (Å²) in [5, 5.41) is 9.36. The highest BCUT2D eigenvalue weighted by Gasteiger charge is 2.03. The summed E-state index contributed by atoms with van der Waals surface area (Å²) in [6, 6.07) is 0. The number of rotatable bonds is 2. The second-order valence-electron chi connectivity index (χ2n) is 3.49. The monoisotopic (exact) mass is 180 g/mol. The first kappa shape index (κ1) is 13.4. The molecule has 0 saturated heterocycles. The summed E-state index contributed by atoms with van der Waals surface area (Å²) in [4.78, 5) is 9.36. The van der Waals surface area contributed by atoms with Crippen LogP contribution in [0.25, 0.3) is 0 Å². The molecular formula is C7H17O3P. The number of aliphatic carboxylic acids is 1. The van der Waals surface area contributed by atoms with Crippen molar-refractivity contribution >= 4 is 13.2 Å². The Morgan fingerprint density at radius 3 is 1.64 bits per heavy atom. The minimum atomic E-state index is -1.18. The first-order chi connectivity index (χ1) is 4.77. The smallest absolute Gasteiger partial charge is 0.0857 e. The standard InChI is InChI=1S/C4H12P.C3H6O3/c1-5(2,3)4;1-6-2-3(4)5/h1-4H3;2H2,1H3,(H,4,5)/q+1;/p-1. The molecule has 0 unspecified atom stereocenters. The molecule has 0 aromatic carbocycles. The number of hydrogen-bond acceptors (Lipinski definition) is 3. The molecule has 4 heteroatoms. The fraction of sp³-hybridized carbons (Fsp3) is 0.857. The normalized spacial score (nSPS) is 9.91. The number of carbonyl (C=O) groups excluding carboxylic acids is 1. The third-order valence-corrected chi connectivity index (χ3v) is 0.262. The van der Waals surface area contributed by atoms with E-state index >= 15 is 0 Å². The largest absolute Gasteiger partial charge is 0.548 e. The van der Waals surface area contributed by atoms with Crippen molar-refractivity contribution in [3.63, 3.8) is 0 Å². The molecule has 0 spiro atoms. The summed E-state index contributed by atoms with van der Waals surface area (Å²) in [7, 11) is 0.913. The maximum Gasteiger partial charge on any atom is 0.0857 e. The molecule has 0 aromatic rings. The number of methoxy groups -OCH3 is 1. The molecule has 0 aromatic heterocycles. The van der Waals surface area contributed by atoms with Gasteiger partial charge in [-0.2, -0.15) is 0 Å². The van der Waals surface area contributed by atoms with Crippen LogP contribution in [-0.2, 0) is 9.53 Å². The van der Waals surface area contributed by atoms with Gasteiger partial charge in [0.2, 0.25) is 0 Å². The van der Waals surface area contributed by atoms with E-state index in [1.54, 1.807) is 0 Å². The van der Waals surface area contributed by atoms with E-state index < -0.39 is 5.97 Å². The highest BCUT2D eigenvalue weighted by molar-refractivity contribution is 7.72. The summed E-state index contributed by atoms with van der Waals surface area (Å²) in [5.74, 6) is -1.18. The quantitative estimate of drug-likeness (QED) is 0.558. The fourth-order valence-corrected chi connectivity index (χ4v) is 0.118. The molecule has 11 heavy (non-hydrogen) atoms. The zero-order valence-electron chi connectivity index (χ0n) is 7.88. The van der Waals surface area contributed by atoms with Crippen LogP contribution in [0.4, 0.5) is 0 Å². The second kappa shape index (κ2) is 6.56. The van der Waals surface area contributed by atoms with Gasteiger partial charge in [0.15, 0.2) is 0 Å². The summed E-state index contributed by atoms with van der Waals surface area (Å²) in [6.45, 7) is 8.88. The molecule has 0 aliphatic carbocycles. The van der Waals surface area contributed by atoms with Crippen LogP contribution in [0.5, 0.6) is 0 Å². The van der Waals surface area contributed by atoms with E-state index in [-0.39, 0.29) is 13.9 Å². The summed E-state index contributed by atoms with van der Waals surface area (Å²) >= 11 is 0. The minimum absolute atomic E-state index is 0.319. The van der Waals surface area contributed by atoms with Gasteiger partial charge in [0, 0.05) is 41.0 Å². The number of hydrogen-bond donors (Lipinski definition) is 0. The first-order valence-corrected chi connectivity index (χ1v) is 6.83. The van der Waals surface area contributed by atoms with E-state index in [0.29, 0.717) is 0 Å². The molecule has 3 nitrogen and oxygen atoms in total. The Labute approximate surface area is 69.1 Å². The van der Waals surface area contributed by atoms with Gasteiger partial charge in [-0.3, -0.25) is 0 Å². The van der Waals surface area contributed by atoms with Crippen LogP contribution in [0.15, 0.2) is 0 Å². The average Bonchev–Trinajstić information content (AvgIpc) is 1.58. The van der Waals surface area contributed by atoms with Gasteiger partial charge in [-0.1, -0.05) is 0 Å². The molecule has 0 bridgehead atoms. The Morgan fingerprint density at radius 1 is 1.36 bits per heavy atom. The van der Waals surface area contributed by atoms with Gasteiger partial charge in [0.05, 0.1) is 12.6 Å². The molecule has 0 aliphatic heterocycles. The molecule has 0 amide bonds. The summed E-state index contributed by atoms with van der Waals surface area (Å²) < 4.78 is 4.14. The lowest BCUT2D eigenvalue weighted by molar-refractivity contribution is -0.309. The van der Waals surface area contributed by atoms with Gasteiger partial charge >= 0.3 is 0 Å². The molecule has 0 heterocycles. The van der Waals surface area contributed by atoms with Crippen molar-refractivity contribution < 1.29 is 14.6 Å². The molecule has 0 N–H and O–H groups in total. The molecule has 0 atom stereocenters. The highest BCUT2D eigenvalue weighted by Crippen LogP contribution is 2.40. The molecule has 0 radical (unpaired) electrons. The van der Waals surface area contributed by atoms with Crippen LogP contribution >= 0.6 is 7.26 Å². The molecule has 0 fully saturated rings. The van der Waals surface area contributed by atoms with Crippen LogP contribution in [-0.4, -0.2) is 46.3 Å². The minimum Gasteiger partial charge on any atom is -0.548 e. The lowest BCUT2D eigenvalue weighted by Crippen LogP contribution is -2.26. The number of carboxylic acids is 1. The van der Waals surface area contributed by atoms with Gasteiger partial charge in [0.1, 0.15) is 0 Å². The Balaban J connectivity index is 0. The van der Waals surface area contributed by atoms with Crippen molar-refractivity contribution in [1.29, 1.82) is 0 Å². The molecule has 0 aliphatic rings. The lowest BCUT2D eigenvalue weighted by atomic mass is 10.8. The third-order valence-electron chi connectivity index (χ3n) is 0.262. The maximum atomic E-state index is 9.36. The first-order valence-electron chi connectivity index (χ1n) is 3.25. The summed E-state index contributed by atoms with van der Waals surface area (Å²) in [5.41, 5.74) is 0. The van der Waals surface area contributed by atoms with Crippen molar-refractivity contribution in [3.8, 4) is 0 Å². The van der Waals surface area contributed by atoms with Crippen molar-refractivity contribution in [2.24, 2.45) is 0 Å². The van der Waals surface area contributed by atoms with Crippen molar-refractivity contribution in [1.82, 2.24) is 0 Å². The van der Waals surface area contributed by atoms with E-state index in [4.69, 9.17) is 0 Å². The second-order valence-corrected chi connectivity index (χ2v) is 8.85. The topological polar surface area (TPSA) is 49.4 Å². The maximum absolute atomic E-state index is 9.36. The molecular weight excluding hydrogens is 163 g/mol. The lowest BCUT2D eigenvalue weighted by Gasteiger charge is -1.97. The van der Waals surface area contributed by atoms with Crippen LogP contribution in [0.1, 0.15) is 0 Å². The average molecular weight is 180 g/mol. The summed E-state index contributed by atoms with van der Waals surface area (Å²) in [6.07, 6.45) is 0. The SMILES string of the molecule is COCC(=O)[O-].C[P+](C)(C)C. The van der Waals surface area contributed by atoms with Crippen molar-refractivity contribution in [2.75, 3.05) is 40.4 Å². The van der Waals surface area contributed by atoms with Crippen molar-refractivity contribution in [3.05, 3.63) is 0 Å². The Bertz CT molecular complexity index is 101. The van der Waals surface area contributed by atoms with Crippen molar-refractivity contribution in [2.45, 2.75) is 0 Å². The van der Waals surface area contributed by atoms with Gasteiger partial charge in [-0.05, 0) is 0 Å². The Hall–Kier alpha value is -0.140. The van der Waals surface area contributed by atoms with E-state index in [0.717, 1.165) is 0 Å². The van der Waals surface area contributed by atoms with Gasteiger partial charge in [0.25, 0.3) is 0 Å². The van der Waals surface area contributed by atoms with E-state index in [1.165, 1.54) is 7.11 Å². The predicted molar refractivity (Wildman–Crippen MR) is 47.5 cm³/mol. The molecule has 68 valence electrons. The van der Waals surface area contributed by atoms with Crippen LogP contribution in [0.2, 0.25) is 0 Å². The number of carbonyl (C=O) groups is 1. The van der Waals surface area contributed by atoms with Crippen LogP contribution in [0, 0.1) is 0 Å². The number of carboxylic acid groups (broad SMARTS) is 1. The van der Waals surface area contributed by atoms with Gasteiger partial charge < -0.3 is 14.6 Å². The van der Waals surface area contributed by atoms with Gasteiger partial charge in [-0.25, -0.2) is 0 Å². The molecule has 0 rings (SSSR count). The predicted octanol–water partition coefficient (Wildman–Crippen LogP) is -0.0941. The van der Waals surface area contributed by atoms with E-state index in [1.807, 2.05) is 0 Å². The Kier molecular flexibility index (Phi) is 8.02. The molecule has 0 saturated carbocycles. The Morgan fingerprint density at radius 2 is 1.64 bits per heavy atom. The van der Waals surface area contributed by atoms with Crippen LogP contribution < -0.4 is 5.11 Å². The zero-order valence-corrected chi connectivity index (χ0v) is 8.77. The zero-order chi connectivity index (χ0) is 9.49. The third kappa shape index (κ3) is 74.5. The van der Waals surface area contributed by atoms with Gasteiger partial charge in [-0.15, -0.1) is 0 Å². The number of ether oxygens (including phenoxy) is 1. The highest BCUT2D eigenvalue weighted by atomic mass is 31.2. The van der Waals surface area contributed by atoms with Crippen LogP contribution in [0.3, 0.4) is 0 Å². The van der Waals surface area contributed by atoms with E-state index in [9.17, 15) is 9.90 Å². The fourth-order valence-electron chi connectivity index (χ4n) is 0.118.